The predicted octanol–water partition coefficient (Wildman–Crippen LogP) is 0.109. The number of nitrogens with zero attached hydrogens (tertiary/aromatic N) is 5. The molecule has 0 unspecified atom stereocenters. The zero-order valence-electron chi connectivity index (χ0n) is 10.3. The van der Waals surface area contributed by atoms with Crippen LogP contribution in [-0.2, 0) is 6.54 Å². The average Bonchev–Trinajstić information content (AvgIpc) is 2.66. The number of nitrogens with two attached hydrogens (primary N) is 1. The molecule has 1 aliphatic heterocycles. The minimum absolute atomic E-state index is 0.476. The van der Waals surface area contributed by atoms with Crippen LogP contribution in [0.2, 0.25) is 0 Å². The molecule has 1 aromatic rings. The minimum Gasteiger partial charge on any atom is -0.383 e. The lowest BCUT2D eigenvalue weighted by molar-refractivity contribution is 0.311. The first-order valence-electron chi connectivity index (χ1n) is 5.87. The first-order valence-corrected chi connectivity index (χ1v) is 5.87. The zero-order chi connectivity index (χ0) is 12.4. The summed E-state index contributed by atoms with van der Waals surface area (Å²) >= 11 is 0. The summed E-state index contributed by atoms with van der Waals surface area (Å²) in [4.78, 5) is 4.41. The molecule has 0 saturated carbocycles. The predicted molar refractivity (Wildman–Crippen MR) is 66.7 cm³/mol. The first-order chi connectivity index (χ1) is 8.17. The number of likely N-dealkylation sites (N-methyl/N-ethyl adjacent to an activating group) is 1. The van der Waals surface area contributed by atoms with E-state index in [0.717, 1.165) is 32.0 Å². The number of aromatic nitrogens is 2. The van der Waals surface area contributed by atoms with Gasteiger partial charge < -0.3 is 15.5 Å². The van der Waals surface area contributed by atoms with Gasteiger partial charge in [0.15, 0.2) is 5.82 Å². The molecular weight excluding hydrogens is 216 g/mol. The van der Waals surface area contributed by atoms with Crippen LogP contribution in [0.1, 0.15) is 12.5 Å². The molecule has 2 rings (SSSR count). The molecule has 0 radical (unpaired) electrons. The Kier molecular flexibility index (Phi) is 3.20. The number of piperazine rings is 1. The lowest BCUT2D eigenvalue weighted by Gasteiger charge is -2.32. The smallest absolute Gasteiger partial charge is 0.171 e. The molecule has 17 heavy (non-hydrogen) atoms. The number of rotatable bonds is 2. The second-order valence-corrected chi connectivity index (χ2v) is 4.30. The molecule has 1 fully saturated rings. The maximum absolute atomic E-state index is 9.17. The molecule has 1 aromatic heterocycles. The van der Waals surface area contributed by atoms with Crippen molar-refractivity contribution in [3.63, 3.8) is 0 Å². The number of nitrogen functional groups attached to an aromatic ring is 1. The molecule has 0 atom stereocenters. The van der Waals surface area contributed by atoms with Crippen LogP contribution in [0.5, 0.6) is 0 Å². The molecule has 6 nitrogen and oxygen atoms in total. The van der Waals surface area contributed by atoms with Crippen molar-refractivity contribution < 1.29 is 0 Å². The Hall–Kier alpha value is -1.74. The molecule has 0 bridgehead atoms. The van der Waals surface area contributed by atoms with E-state index in [1.807, 2.05) is 6.92 Å². The third-order valence-electron chi connectivity index (χ3n) is 3.19. The van der Waals surface area contributed by atoms with Crippen LogP contribution in [0.25, 0.3) is 0 Å². The highest BCUT2D eigenvalue weighted by atomic mass is 15.4. The van der Waals surface area contributed by atoms with Crippen molar-refractivity contribution in [3.8, 4) is 6.07 Å². The number of nitriles is 1. The normalized spacial score (nSPS) is 17.1. The van der Waals surface area contributed by atoms with Crippen molar-refractivity contribution in [2.75, 3.05) is 43.9 Å². The Morgan fingerprint density at radius 2 is 2.00 bits per heavy atom. The van der Waals surface area contributed by atoms with Crippen molar-refractivity contribution in [2.24, 2.45) is 0 Å². The van der Waals surface area contributed by atoms with Crippen LogP contribution in [0.15, 0.2) is 0 Å². The van der Waals surface area contributed by atoms with E-state index in [1.165, 1.54) is 0 Å². The summed E-state index contributed by atoms with van der Waals surface area (Å²) in [6.07, 6.45) is 0. The summed E-state index contributed by atoms with van der Waals surface area (Å²) in [7, 11) is 2.10. The Bertz CT molecular complexity index is 436. The van der Waals surface area contributed by atoms with Gasteiger partial charge in [0.25, 0.3) is 0 Å². The van der Waals surface area contributed by atoms with E-state index in [1.54, 1.807) is 4.68 Å². The van der Waals surface area contributed by atoms with Gasteiger partial charge in [-0.15, -0.1) is 0 Å². The third kappa shape index (κ3) is 2.06. The number of anilines is 2. The Labute approximate surface area is 101 Å². The molecule has 1 aliphatic rings. The summed E-state index contributed by atoms with van der Waals surface area (Å²) in [5.74, 6) is 1.21. The van der Waals surface area contributed by atoms with E-state index in [4.69, 9.17) is 5.73 Å². The quantitative estimate of drug-likeness (QED) is 0.786. The standard InChI is InChI=1S/C11H18N6/c1-3-17-10(13)9(8-12)11(14-17)16-6-4-15(2)5-7-16/h3-7,13H2,1-2H3. The van der Waals surface area contributed by atoms with Gasteiger partial charge in [0.2, 0.25) is 0 Å². The van der Waals surface area contributed by atoms with Crippen molar-refractivity contribution in [2.45, 2.75) is 13.5 Å². The van der Waals surface area contributed by atoms with Crippen molar-refractivity contribution in [1.29, 1.82) is 5.26 Å². The molecule has 0 aliphatic carbocycles. The van der Waals surface area contributed by atoms with Gasteiger partial charge in [-0.05, 0) is 14.0 Å². The SMILES string of the molecule is CCn1nc(N2CCN(C)CC2)c(C#N)c1N. The molecule has 0 spiro atoms. The van der Waals surface area contributed by atoms with Crippen molar-refractivity contribution in [3.05, 3.63) is 5.56 Å². The van der Waals surface area contributed by atoms with Gasteiger partial charge >= 0.3 is 0 Å². The Morgan fingerprint density at radius 1 is 1.35 bits per heavy atom. The van der Waals surface area contributed by atoms with E-state index in [0.29, 0.717) is 17.9 Å². The van der Waals surface area contributed by atoms with E-state index in [-0.39, 0.29) is 0 Å². The first kappa shape index (κ1) is 11.7. The van der Waals surface area contributed by atoms with Gasteiger partial charge in [0.05, 0.1) is 0 Å². The summed E-state index contributed by atoms with van der Waals surface area (Å²) in [5.41, 5.74) is 6.41. The monoisotopic (exact) mass is 234 g/mol. The van der Waals surface area contributed by atoms with Gasteiger partial charge in [-0.3, -0.25) is 0 Å². The molecule has 2 N–H and O–H groups in total. The topological polar surface area (TPSA) is 74.1 Å². The summed E-state index contributed by atoms with van der Waals surface area (Å²) in [5, 5.41) is 13.6. The second-order valence-electron chi connectivity index (χ2n) is 4.30. The van der Waals surface area contributed by atoms with E-state index < -0.39 is 0 Å². The van der Waals surface area contributed by atoms with Crippen molar-refractivity contribution >= 4 is 11.6 Å². The summed E-state index contributed by atoms with van der Waals surface area (Å²) in [6.45, 7) is 6.43. The molecule has 0 aromatic carbocycles. The van der Waals surface area contributed by atoms with Crippen LogP contribution in [-0.4, -0.2) is 47.9 Å². The lowest BCUT2D eigenvalue weighted by Crippen LogP contribution is -2.45. The fraction of sp³-hybridized carbons (Fsp3) is 0.636. The molecular formula is C11H18N6. The second kappa shape index (κ2) is 4.63. The van der Waals surface area contributed by atoms with E-state index in [9.17, 15) is 5.26 Å². The third-order valence-corrected chi connectivity index (χ3v) is 3.19. The minimum atomic E-state index is 0.476. The molecule has 0 amide bonds. The highest BCUT2D eigenvalue weighted by Crippen LogP contribution is 2.24. The van der Waals surface area contributed by atoms with Crippen LogP contribution < -0.4 is 10.6 Å². The Balaban J connectivity index is 2.29. The number of aryl methyl sites for hydroxylation is 1. The zero-order valence-corrected chi connectivity index (χ0v) is 10.3. The van der Waals surface area contributed by atoms with Crippen LogP contribution in [0.4, 0.5) is 11.6 Å². The van der Waals surface area contributed by atoms with E-state index >= 15 is 0 Å². The number of hydrogen-bond donors (Lipinski definition) is 1. The van der Waals surface area contributed by atoms with Gasteiger partial charge in [-0.1, -0.05) is 0 Å². The van der Waals surface area contributed by atoms with E-state index in [2.05, 4.69) is 28.0 Å². The van der Waals surface area contributed by atoms with Crippen LogP contribution in [0.3, 0.4) is 0 Å². The molecule has 6 heteroatoms. The summed E-state index contributed by atoms with van der Waals surface area (Å²) < 4.78 is 1.69. The number of hydrogen-bond acceptors (Lipinski definition) is 5. The van der Waals surface area contributed by atoms with Gasteiger partial charge in [0.1, 0.15) is 17.5 Å². The maximum Gasteiger partial charge on any atom is 0.171 e. The molecule has 2 heterocycles. The summed E-state index contributed by atoms with van der Waals surface area (Å²) in [6, 6.07) is 2.16. The average molecular weight is 234 g/mol. The van der Waals surface area contributed by atoms with Crippen molar-refractivity contribution in [1.82, 2.24) is 14.7 Å². The van der Waals surface area contributed by atoms with Crippen LogP contribution in [0, 0.1) is 11.3 Å². The highest BCUT2D eigenvalue weighted by Gasteiger charge is 2.22. The molecule has 92 valence electrons. The maximum atomic E-state index is 9.17. The fourth-order valence-corrected chi connectivity index (χ4v) is 2.05. The largest absolute Gasteiger partial charge is 0.383 e. The van der Waals surface area contributed by atoms with Gasteiger partial charge in [-0.25, -0.2) is 4.68 Å². The van der Waals surface area contributed by atoms with Gasteiger partial charge in [0, 0.05) is 32.7 Å². The van der Waals surface area contributed by atoms with Crippen LogP contribution >= 0.6 is 0 Å². The molecule has 1 saturated heterocycles. The van der Waals surface area contributed by atoms with Gasteiger partial charge in [-0.2, -0.15) is 10.4 Å². The fourth-order valence-electron chi connectivity index (χ4n) is 2.05. The Morgan fingerprint density at radius 3 is 2.53 bits per heavy atom. The highest BCUT2D eigenvalue weighted by molar-refractivity contribution is 5.65. The lowest BCUT2D eigenvalue weighted by atomic mass is 10.2.